The van der Waals surface area contributed by atoms with Crippen LogP contribution in [0.3, 0.4) is 0 Å². The smallest absolute Gasteiger partial charge is 0.316 e. The zero-order valence-corrected chi connectivity index (χ0v) is 11.7. The Kier molecular flexibility index (Phi) is 5.85. The van der Waals surface area contributed by atoms with Gasteiger partial charge in [-0.15, -0.1) is 0 Å². The van der Waals surface area contributed by atoms with E-state index in [0.29, 0.717) is 19.4 Å². The molecule has 1 aromatic rings. The third-order valence-corrected chi connectivity index (χ3v) is 3.12. The molecule has 4 nitrogen and oxygen atoms in total. The van der Waals surface area contributed by atoms with Gasteiger partial charge in [-0.05, 0) is 30.5 Å². The van der Waals surface area contributed by atoms with Crippen molar-refractivity contribution in [1.29, 1.82) is 0 Å². The normalized spacial score (nSPS) is 11.9. The lowest BCUT2D eigenvalue weighted by molar-refractivity contribution is -0.147. The molecule has 18 heavy (non-hydrogen) atoms. The number of aliphatic carboxylic acids is 1. The molecule has 1 unspecified atom stereocenters. The average molecular weight is 314 g/mol. The summed E-state index contributed by atoms with van der Waals surface area (Å²) < 4.78 is 0.989. The topological polar surface area (TPSA) is 66.4 Å². The Bertz CT molecular complexity index is 434. The predicted octanol–water partition coefficient (Wildman–Crippen LogP) is 2.22. The van der Waals surface area contributed by atoms with Gasteiger partial charge >= 0.3 is 5.97 Å². The third-order valence-electron chi connectivity index (χ3n) is 2.62. The molecule has 0 radical (unpaired) electrons. The number of amides is 1. The number of rotatable bonds is 6. The monoisotopic (exact) mass is 313 g/mol. The van der Waals surface area contributed by atoms with Crippen LogP contribution in [0.1, 0.15) is 18.9 Å². The van der Waals surface area contributed by atoms with Crippen molar-refractivity contribution in [3.05, 3.63) is 34.3 Å². The Morgan fingerprint density at radius 2 is 2.17 bits per heavy atom. The zero-order valence-electron chi connectivity index (χ0n) is 10.1. The standard InChI is InChI=1S/C13H16BrNO3/c1-2-11(13(17)18)12(16)15-7-6-9-4-3-5-10(14)8-9/h3-5,8,11H,2,6-7H2,1H3,(H,15,16)(H,17,18). The van der Waals surface area contributed by atoms with Crippen LogP contribution < -0.4 is 5.32 Å². The molecule has 1 amide bonds. The van der Waals surface area contributed by atoms with E-state index >= 15 is 0 Å². The lowest BCUT2D eigenvalue weighted by atomic mass is 10.1. The van der Waals surface area contributed by atoms with E-state index in [1.165, 1.54) is 0 Å². The molecule has 1 aromatic carbocycles. The number of carboxylic acid groups (broad SMARTS) is 1. The number of nitrogens with one attached hydrogen (secondary N) is 1. The number of hydrogen-bond acceptors (Lipinski definition) is 2. The molecule has 0 spiro atoms. The fraction of sp³-hybridized carbons (Fsp3) is 0.385. The molecule has 0 aliphatic carbocycles. The minimum atomic E-state index is -1.07. The van der Waals surface area contributed by atoms with E-state index in [1.807, 2.05) is 24.3 Å². The molecule has 0 aliphatic rings. The number of carbonyl (C=O) groups is 2. The lowest BCUT2D eigenvalue weighted by Crippen LogP contribution is -2.36. The summed E-state index contributed by atoms with van der Waals surface area (Å²) in [5.74, 6) is -2.44. The van der Waals surface area contributed by atoms with Crippen LogP contribution in [0.2, 0.25) is 0 Å². The second-order valence-electron chi connectivity index (χ2n) is 3.97. The van der Waals surface area contributed by atoms with Gasteiger partial charge in [0.2, 0.25) is 5.91 Å². The van der Waals surface area contributed by atoms with Crippen LogP contribution in [-0.4, -0.2) is 23.5 Å². The molecule has 0 bridgehead atoms. The zero-order chi connectivity index (χ0) is 13.5. The van der Waals surface area contributed by atoms with E-state index in [-0.39, 0.29) is 0 Å². The van der Waals surface area contributed by atoms with Crippen LogP contribution in [0.5, 0.6) is 0 Å². The Labute approximate surface area is 115 Å². The van der Waals surface area contributed by atoms with E-state index in [4.69, 9.17) is 5.11 Å². The van der Waals surface area contributed by atoms with Gasteiger partial charge in [-0.1, -0.05) is 35.0 Å². The molecule has 0 heterocycles. The number of carboxylic acids is 1. The Hall–Kier alpha value is -1.36. The van der Waals surface area contributed by atoms with Crippen molar-refractivity contribution in [3.63, 3.8) is 0 Å². The van der Waals surface area contributed by atoms with Crippen LogP contribution in [0.4, 0.5) is 0 Å². The van der Waals surface area contributed by atoms with Crippen LogP contribution in [0, 0.1) is 5.92 Å². The number of benzene rings is 1. The van der Waals surface area contributed by atoms with Gasteiger partial charge < -0.3 is 10.4 Å². The van der Waals surface area contributed by atoms with E-state index < -0.39 is 17.8 Å². The van der Waals surface area contributed by atoms with Crippen molar-refractivity contribution in [1.82, 2.24) is 5.32 Å². The fourth-order valence-corrected chi connectivity index (χ4v) is 2.06. The van der Waals surface area contributed by atoms with Crippen LogP contribution >= 0.6 is 15.9 Å². The van der Waals surface area contributed by atoms with Crippen molar-refractivity contribution < 1.29 is 14.7 Å². The molecule has 5 heteroatoms. The lowest BCUT2D eigenvalue weighted by Gasteiger charge is -2.10. The second-order valence-corrected chi connectivity index (χ2v) is 4.89. The third kappa shape index (κ3) is 4.49. The van der Waals surface area contributed by atoms with Gasteiger partial charge in [-0.3, -0.25) is 9.59 Å². The molecule has 0 aliphatic heterocycles. The SMILES string of the molecule is CCC(C(=O)O)C(=O)NCCc1cccc(Br)c1. The molecular weight excluding hydrogens is 298 g/mol. The molecular formula is C13H16BrNO3. The average Bonchev–Trinajstić information content (AvgIpc) is 2.29. The summed E-state index contributed by atoms with van der Waals surface area (Å²) in [7, 11) is 0. The minimum absolute atomic E-state index is 0.304. The fourth-order valence-electron chi connectivity index (χ4n) is 1.62. The van der Waals surface area contributed by atoms with Crippen molar-refractivity contribution in [2.75, 3.05) is 6.54 Å². The number of hydrogen-bond donors (Lipinski definition) is 2. The van der Waals surface area contributed by atoms with Crippen LogP contribution in [0.15, 0.2) is 28.7 Å². The molecule has 0 saturated heterocycles. The van der Waals surface area contributed by atoms with Crippen LogP contribution in [-0.2, 0) is 16.0 Å². The highest BCUT2D eigenvalue weighted by atomic mass is 79.9. The molecule has 0 aromatic heterocycles. The maximum absolute atomic E-state index is 11.6. The first-order valence-corrected chi connectivity index (χ1v) is 6.59. The summed E-state index contributed by atoms with van der Waals surface area (Å²) in [4.78, 5) is 22.4. The Morgan fingerprint density at radius 1 is 1.44 bits per heavy atom. The van der Waals surface area contributed by atoms with Crippen molar-refractivity contribution in [2.24, 2.45) is 5.92 Å². The van der Waals surface area contributed by atoms with Gasteiger partial charge in [0.1, 0.15) is 5.92 Å². The highest BCUT2D eigenvalue weighted by Gasteiger charge is 2.23. The van der Waals surface area contributed by atoms with Crippen molar-refractivity contribution >= 4 is 27.8 Å². The summed E-state index contributed by atoms with van der Waals surface area (Å²) in [5.41, 5.74) is 1.09. The van der Waals surface area contributed by atoms with E-state index in [1.54, 1.807) is 6.92 Å². The molecule has 0 saturated carbocycles. The van der Waals surface area contributed by atoms with Gasteiger partial charge in [0.15, 0.2) is 0 Å². The summed E-state index contributed by atoms with van der Waals surface area (Å²) in [6, 6.07) is 7.79. The maximum atomic E-state index is 11.6. The van der Waals surface area contributed by atoms with E-state index in [2.05, 4.69) is 21.2 Å². The molecule has 1 atom stereocenters. The van der Waals surface area contributed by atoms with E-state index in [0.717, 1.165) is 10.0 Å². The molecule has 1 rings (SSSR count). The number of halogens is 1. The van der Waals surface area contributed by atoms with Crippen molar-refractivity contribution in [3.8, 4) is 0 Å². The molecule has 98 valence electrons. The van der Waals surface area contributed by atoms with Gasteiger partial charge in [0, 0.05) is 11.0 Å². The van der Waals surface area contributed by atoms with Gasteiger partial charge in [-0.25, -0.2) is 0 Å². The molecule has 2 N–H and O–H groups in total. The second kappa shape index (κ2) is 7.16. The number of carbonyl (C=O) groups excluding carboxylic acids is 1. The minimum Gasteiger partial charge on any atom is -0.481 e. The Balaban J connectivity index is 2.42. The first-order chi connectivity index (χ1) is 8.54. The quantitative estimate of drug-likeness (QED) is 0.791. The summed E-state index contributed by atoms with van der Waals surface area (Å²) in [6.45, 7) is 2.13. The van der Waals surface area contributed by atoms with Crippen LogP contribution in [0.25, 0.3) is 0 Å². The Morgan fingerprint density at radius 3 is 2.72 bits per heavy atom. The van der Waals surface area contributed by atoms with Gasteiger partial charge in [0.05, 0.1) is 0 Å². The predicted molar refractivity (Wildman–Crippen MR) is 72.3 cm³/mol. The summed E-state index contributed by atoms with van der Waals surface area (Å²) >= 11 is 3.37. The maximum Gasteiger partial charge on any atom is 0.316 e. The van der Waals surface area contributed by atoms with Gasteiger partial charge in [-0.2, -0.15) is 0 Å². The van der Waals surface area contributed by atoms with Gasteiger partial charge in [0.25, 0.3) is 0 Å². The molecule has 0 fully saturated rings. The first-order valence-electron chi connectivity index (χ1n) is 5.79. The highest BCUT2D eigenvalue weighted by molar-refractivity contribution is 9.10. The van der Waals surface area contributed by atoms with Crippen molar-refractivity contribution in [2.45, 2.75) is 19.8 Å². The van der Waals surface area contributed by atoms with E-state index in [9.17, 15) is 9.59 Å². The summed E-state index contributed by atoms with van der Waals surface area (Å²) in [6.07, 6.45) is 0.985. The highest BCUT2D eigenvalue weighted by Crippen LogP contribution is 2.11. The summed E-state index contributed by atoms with van der Waals surface area (Å²) in [5, 5.41) is 11.5. The first kappa shape index (κ1) is 14.7. The largest absolute Gasteiger partial charge is 0.481 e.